The lowest BCUT2D eigenvalue weighted by atomic mass is 10.1. The molecule has 0 spiro atoms. The minimum Gasteiger partial charge on any atom is -0.496 e. The number of ether oxygens (including phenoxy) is 1. The second kappa shape index (κ2) is 4.33. The lowest BCUT2D eigenvalue weighted by Crippen LogP contribution is -1.97. The monoisotopic (exact) mass is 213 g/mol. The molecule has 0 aromatic heterocycles. The third-order valence-corrected chi connectivity index (χ3v) is 2.28. The van der Waals surface area contributed by atoms with E-state index >= 15 is 0 Å². The summed E-state index contributed by atoms with van der Waals surface area (Å²) in [5.41, 5.74) is 2.61. The number of nitrogens with zero attached hydrogens (tertiary/aromatic N) is 1. The topological polar surface area (TPSA) is 41.8 Å². The van der Waals surface area contributed by atoms with Gasteiger partial charge in [-0.15, -0.1) is 0 Å². The van der Waals surface area contributed by atoms with Gasteiger partial charge in [0, 0.05) is 5.56 Å². The number of aryl methyl sites for hydroxylation is 2. The Bertz CT molecular complexity index is 351. The summed E-state index contributed by atoms with van der Waals surface area (Å²) in [4.78, 5) is 0. The summed E-state index contributed by atoms with van der Waals surface area (Å²) in [5, 5.41) is 11.5. The van der Waals surface area contributed by atoms with Crippen molar-refractivity contribution < 1.29 is 9.94 Å². The maximum absolute atomic E-state index is 8.52. The zero-order valence-corrected chi connectivity index (χ0v) is 9.09. The molecule has 0 aliphatic carbocycles. The maximum Gasteiger partial charge on any atom is 0.175 e. The molecule has 0 saturated heterocycles. The smallest absolute Gasteiger partial charge is 0.175 e. The normalized spacial score (nSPS) is 11.6. The molecule has 0 aliphatic rings. The molecule has 3 nitrogen and oxygen atoms in total. The van der Waals surface area contributed by atoms with E-state index in [2.05, 4.69) is 5.16 Å². The predicted octanol–water partition coefficient (Wildman–Crippen LogP) is 2.69. The second-order valence-corrected chi connectivity index (χ2v) is 3.39. The van der Waals surface area contributed by atoms with Crippen LogP contribution in [-0.4, -0.2) is 17.5 Å². The van der Waals surface area contributed by atoms with Crippen molar-refractivity contribution in [1.82, 2.24) is 0 Å². The van der Waals surface area contributed by atoms with Crippen LogP contribution < -0.4 is 4.74 Å². The van der Waals surface area contributed by atoms with Gasteiger partial charge in [0.15, 0.2) is 5.17 Å². The molecule has 0 aliphatic heterocycles. The van der Waals surface area contributed by atoms with E-state index in [0.717, 1.165) is 16.9 Å². The molecule has 0 fully saturated rings. The van der Waals surface area contributed by atoms with Crippen LogP contribution >= 0.6 is 11.6 Å². The highest BCUT2D eigenvalue weighted by Crippen LogP contribution is 2.25. The Morgan fingerprint density at radius 3 is 2.21 bits per heavy atom. The Labute approximate surface area is 88.0 Å². The summed E-state index contributed by atoms with van der Waals surface area (Å²) in [6.07, 6.45) is 0. The first kappa shape index (κ1) is 10.9. The van der Waals surface area contributed by atoms with Crippen molar-refractivity contribution in [2.75, 3.05) is 7.11 Å². The standard InChI is InChI=1S/C10H12ClNO2/c1-6-4-8(10(11)12-13)5-7(2)9(6)14-3/h4-5,13H,1-3H3/b12-10-. The number of methoxy groups -OCH3 is 1. The molecule has 0 amide bonds. The van der Waals surface area contributed by atoms with E-state index in [1.165, 1.54) is 0 Å². The van der Waals surface area contributed by atoms with E-state index < -0.39 is 0 Å². The molecule has 4 heteroatoms. The lowest BCUT2D eigenvalue weighted by molar-refractivity contribution is 0.321. The molecule has 0 saturated carbocycles. The quantitative estimate of drug-likeness (QED) is 0.466. The third kappa shape index (κ3) is 1.99. The molecule has 0 radical (unpaired) electrons. The van der Waals surface area contributed by atoms with Gasteiger partial charge < -0.3 is 9.94 Å². The summed E-state index contributed by atoms with van der Waals surface area (Å²) in [5.74, 6) is 0.830. The zero-order valence-electron chi connectivity index (χ0n) is 8.34. The van der Waals surface area contributed by atoms with Gasteiger partial charge >= 0.3 is 0 Å². The van der Waals surface area contributed by atoms with Gasteiger partial charge in [-0.1, -0.05) is 16.8 Å². The molecular weight excluding hydrogens is 202 g/mol. The van der Waals surface area contributed by atoms with Gasteiger partial charge in [-0.2, -0.15) is 0 Å². The minimum atomic E-state index is 0.0823. The van der Waals surface area contributed by atoms with Crippen LogP contribution in [0.15, 0.2) is 17.3 Å². The highest BCUT2D eigenvalue weighted by Gasteiger charge is 2.08. The molecule has 1 rings (SSSR count). The van der Waals surface area contributed by atoms with Gasteiger partial charge in [-0.05, 0) is 37.1 Å². The fourth-order valence-electron chi connectivity index (χ4n) is 1.45. The minimum absolute atomic E-state index is 0.0823. The Hall–Kier alpha value is -1.22. The van der Waals surface area contributed by atoms with Gasteiger partial charge in [0.25, 0.3) is 0 Å². The Kier molecular flexibility index (Phi) is 3.36. The molecular formula is C10H12ClNO2. The molecule has 0 heterocycles. The average Bonchev–Trinajstić information content (AvgIpc) is 2.16. The van der Waals surface area contributed by atoms with Crippen molar-refractivity contribution in [2.45, 2.75) is 13.8 Å². The molecule has 0 atom stereocenters. The third-order valence-electron chi connectivity index (χ3n) is 1.99. The first-order chi connectivity index (χ1) is 6.60. The van der Waals surface area contributed by atoms with Crippen molar-refractivity contribution in [1.29, 1.82) is 0 Å². The molecule has 1 aromatic rings. The van der Waals surface area contributed by atoms with Crippen molar-refractivity contribution in [2.24, 2.45) is 5.16 Å². The fourth-order valence-corrected chi connectivity index (χ4v) is 1.56. The van der Waals surface area contributed by atoms with Crippen LogP contribution in [0, 0.1) is 13.8 Å². The van der Waals surface area contributed by atoms with Crippen LogP contribution in [0.25, 0.3) is 0 Å². The van der Waals surface area contributed by atoms with Crippen LogP contribution in [0.1, 0.15) is 16.7 Å². The van der Waals surface area contributed by atoms with E-state index in [0.29, 0.717) is 5.56 Å². The number of hydrogen-bond donors (Lipinski definition) is 1. The Morgan fingerprint density at radius 1 is 1.36 bits per heavy atom. The maximum atomic E-state index is 8.52. The molecule has 14 heavy (non-hydrogen) atoms. The van der Waals surface area contributed by atoms with Crippen LogP contribution in [0.3, 0.4) is 0 Å². The fraction of sp³-hybridized carbons (Fsp3) is 0.300. The summed E-state index contributed by atoms with van der Waals surface area (Å²) < 4.78 is 5.20. The Morgan fingerprint density at radius 2 is 1.86 bits per heavy atom. The van der Waals surface area contributed by atoms with E-state index in [-0.39, 0.29) is 5.17 Å². The number of halogens is 1. The van der Waals surface area contributed by atoms with Gasteiger partial charge in [-0.3, -0.25) is 0 Å². The molecule has 1 N–H and O–H groups in total. The van der Waals surface area contributed by atoms with E-state index in [1.54, 1.807) is 7.11 Å². The van der Waals surface area contributed by atoms with Crippen molar-refractivity contribution >= 4 is 16.8 Å². The van der Waals surface area contributed by atoms with Gasteiger partial charge in [0.05, 0.1) is 7.11 Å². The highest BCUT2D eigenvalue weighted by atomic mass is 35.5. The van der Waals surface area contributed by atoms with E-state index in [4.69, 9.17) is 21.5 Å². The SMILES string of the molecule is COc1c(C)cc(/C(Cl)=N/O)cc1C. The zero-order chi connectivity index (χ0) is 10.7. The number of oxime groups is 1. The molecule has 1 aromatic carbocycles. The summed E-state index contributed by atoms with van der Waals surface area (Å²) >= 11 is 5.69. The van der Waals surface area contributed by atoms with E-state index in [1.807, 2.05) is 26.0 Å². The van der Waals surface area contributed by atoms with Gasteiger partial charge in [0.1, 0.15) is 5.75 Å². The predicted molar refractivity (Wildman–Crippen MR) is 56.6 cm³/mol. The largest absolute Gasteiger partial charge is 0.496 e. The van der Waals surface area contributed by atoms with Crippen molar-refractivity contribution in [3.63, 3.8) is 0 Å². The second-order valence-electron chi connectivity index (χ2n) is 3.03. The average molecular weight is 214 g/mol. The highest BCUT2D eigenvalue weighted by molar-refractivity contribution is 6.69. The molecule has 0 bridgehead atoms. The first-order valence-corrected chi connectivity index (χ1v) is 4.51. The molecule has 76 valence electrons. The summed E-state index contributed by atoms with van der Waals surface area (Å²) in [7, 11) is 1.62. The van der Waals surface area contributed by atoms with Crippen molar-refractivity contribution in [3.05, 3.63) is 28.8 Å². The Balaban J connectivity index is 3.27. The molecule has 0 unspecified atom stereocenters. The van der Waals surface area contributed by atoms with Crippen molar-refractivity contribution in [3.8, 4) is 5.75 Å². The summed E-state index contributed by atoms with van der Waals surface area (Å²) in [6.45, 7) is 3.83. The van der Waals surface area contributed by atoms with Crippen LogP contribution in [0.5, 0.6) is 5.75 Å². The van der Waals surface area contributed by atoms with Gasteiger partial charge in [-0.25, -0.2) is 0 Å². The van der Waals surface area contributed by atoms with Gasteiger partial charge in [0.2, 0.25) is 0 Å². The van der Waals surface area contributed by atoms with Crippen LogP contribution in [0.2, 0.25) is 0 Å². The first-order valence-electron chi connectivity index (χ1n) is 4.13. The number of hydrogen-bond acceptors (Lipinski definition) is 3. The lowest BCUT2D eigenvalue weighted by Gasteiger charge is -2.09. The van der Waals surface area contributed by atoms with Crippen LogP contribution in [0.4, 0.5) is 0 Å². The van der Waals surface area contributed by atoms with Crippen LogP contribution in [-0.2, 0) is 0 Å². The number of benzene rings is 1. The van der Waals surface area contributed by atoms with E-state index in [9.17, 15) is 0 Å². The summed E-state index contributed by atoms with van der Waals surface area (Å²) in [6, 6.07) is 3.63. The number of rotatable bonds is 2.